The fraction of sp³-hybridized carbons (Fsp3) is 0.786. The minimum absolute atomic E-state index is 0.430. The molecule has 2 atom stereocenters. The van der Waals surface area contributed by atoms with E-state index >= 15 is 0 Å². The molecule has 2 heterocycles. The number of ether oxygens (including phenoxy) is 2. The third-order valence-electron chi connectivity index (χ3n) is 3.71. The van der Waals surface area contributed by atoms with Gasteiger partial charge in [0, 0.05) is 50.7 Å². The van der Waals surface area contributed by atoms with Gasteiger partial charge in [-0.15, -0.1) is 0 Å². The summed E-state index contributed by atoms with van der Waals surface area (Å²) in [6, 6.07) is 0.430. The SMILES string of the molecule is CCOCCCNc1nccn1C(C)C1CCOC1. The molecule has 0 aromatic carbocycles. The van der Waals surface area contributed by atoms with Crippen molar-refractivity contribution in [2.24, 2.45) is 5.92 Å². The molecule has 0 spiro atoms. The Kier molecular flexibility index (Phi) is 5.66. The van der Waals surface area contributed by atoms with Crippen molar-refractivity contribution < 1.29 is 9.47 Å². The van der Waals surface area contributed by atoms with E-state index in [9.17, 15) is 0 Å². The number of nitrogens with zero attached hydrogens (tertiary/aromatic N) is 2. The van der Waals surface area contributed by atoms with E-state index in [0.717, 1.165) is 51.8 Å². The molecule has 108 valence electrons. The second-order valence-corrected chi connectivity index (χ2v) is 5.00. The third kappa shape index (κ3) is 3.94. The lowest BCUT2D eigenvalue weighted by Gasteiger charge is -2.21. The largest absolute Gasteiger partial charge is 0.382 e. The summed E-state index contributed by atoms with van der Waals surface area (Å²) in [5.74, 6) is 1.55. The number of aromatic nitrogens is 2. The van der Waals surface area contributed by atoms with E-state index in [-0.39, 0.29) is 0 Å². The number of nitrogens with one attached hydrogen (secondary N) is 1. The van der Waals surface area contributed by atoms with Crippen LogP contribution in [0.4, 0.5) is 5.95 Å². The van der Waals surface area contributed by atoms with Crippen LogP contribution in [0.15, 0.2) is 12.4 Å². The predicted molar refractivity (Wildman–Crippen MR) is 75.5 cm³/mol. The number of rotatable bonds is 8. The van der Waals surface area contributed by atoms with E-state index in [1.54, 1.807) is 0 Å². The van der Waals surface area contributed by atoms with Crippen molar-refractivity contribution in [1.82, 2.24) is 9.55 Å². The topological polar surface area (TPSA) is 48.3 Å². The summed E-state index contributed by atoms with van der Waals surface area (Å²) in [5, 5.41) is 3.39. The molecule has 0 amide bonds. The lowest BCUT2D eigenvalue weighted by Crippen LogP contribution is -2.19. The Morgan fingerprint density at radius 3 is 3.26 bits per heavy atom. The summed E-state index contributed by atoms with van der Waals surface area (Å²) < 4.78 is 13.0. The molecule has 0 radical (unpaired) electrons. The molecule has 0 saturated carbocycles. The minimum Gasteiger partial charge on any atom is -0.382 e. The number of hydrogen-bond donors (Lipinski definition) is 1. The zero-order chi connectivity index (χ0) is 13.5. The summed E-state index contributed by atoms with van der Waals surface area (Å²) in [7, 11) is 0. The van der Waals surface area contributed by atoms with Crippen molar-refractivity contribution in [3.05, 3.63) is 12.4 Å². The molecule has 1 fully saturated rings. The van der Waals surface area contributed by atoms with Crippen LogP contribution in [0.25, 0.3) is 0 Å². The maximum Gasteiger partial charge on any atom is 0.203 e. The summed E-state index contributed by atoms with van der Waals surface area (Å²) in [6.45, 7) is 8.50. The summed E-state index contributed by atoms with van der Waals surface area (Å²) in [6.07, 6.45) is 6.05. The van der Waals surface area contributed by atoms with Gasteiger partial charge in [0.25, 0.3) is 0 Å². The van der Waals surface area contributed by atoms with Crippen LogP contribution >= 0.6 is 0 Å². The van der Waals surface area contributed by atoms with Crippen LogP contribution in [0, 0.1) is 5.92 Å². The molecule has 0 aliphatic carbocycles. The first-order chi connectivity index (χ1) is 9.33. The van der Waals surface area contributed by atoms with Gasteiger partial charge in [0.1, 0.15) is 0 Å². The number of imidazole rings is 1. The third-order valence-corrected chi connectivity index (χ3v) is 3.71. The Balaban J connectivity index is 1.82. The Morgan fingerprint density at radius 1 is 1.63 bits per heavy atom. The standard InChI is InChI=1S/C14H25N3O2/c1-3-18-9-4-6-15-14-16-7-8-17(14)12(2)13-5-10-19-11-13/h7-8,12-13H,3-6,9-11H2,1-2H3,(H,15,16). The molecule has 2 rings (SSSR count). The first-order valence-electron chi connectivity index (χ1n) is 7.25. The van der Waals surface area contributed by atoms with Crippen LogP contribution < -0.4 is 5.32 Å². The quantitative estimate of drug-likeness (QED) is 0.734. The van der Waals surface area contributed by atoms with Crippen molar-refractivity contribution in [3.8, 4) is 0 Å². The molecule has 1 aromatic heterocycles. The summed E-state index contributed by atoms with van der Waals surface area (Å²) in [4.78, 5) is 4.40. The second kappa shape index (κ2) is 7.50. The molecule has 1 aromatic rings. The van der Waals surface area contributed by atoms with E-state index in [2.05, 4.69) is 21.8 Å². The Hall–Kier alpha value is -1.07. The van der Waals surface area contributed by atoms with Gasteiger partial charge in [-0.2, -0.15) is 0 Å². The van der Waals surface area contributed by atoms with Crippen LogP contribution in [-0.4, -0.2) is 42.5 Å². The molecular formula is C14H25N3O2. The van der Waals surface area contributed by atoms with Crippen LogP contribution in [0.2, 0.25) is 0 Å². The first kappa shape index (κ1) is 14.3. The van der Waals surface area contributed by atoms with Gasteiger partial charge in [0.05, 0.1) is 6.61 Å². The van der Waals surface area contributed by atoms with Crippen molar-refractivity contribution in [2.75, 3.05) is 38.3 Å². The number of anilines is 1. The molecule has 2 unspecified atom stereocenters. The first-order valence-corrected chi connectivity index (χ1v) is 7.25. The molecule has 1 N–H and O–H groups in total. The average Bonchev–Trinajstić information content (AvgIpc) is 3.09. The van der Waals surface area contributed by atoms with Crippen LogP contribution in [0.1, 0.15) is 32.7 Å². The van der Waals surface area contributed by atoms with Crippen molar-refractivity contribution >= 4 is 5.95 Å². The molecule has 5 nitrogen and oxygen atoms in total. The second-order valence-electron chi connectivity index (χ2n) is 5.00. The lowest BCUT2D eigenvalue weighted by molar-refractivity contribution is 0.147. The van der Waals surface area contributed by atoms with Gasteiger partial charge < -0.3 is 19.4 Å². The van der Waals surface area contributed by atoms with Gasteiger partial charge in [0.2, 0.25) is 5.95 Å². The van der Waals surface area contributed by atoms with Gasteiger partial charge in [-0.3, -0.25) is 0 Å². The predicted octanol–water partition coefficient (Wildman–Crippen LogP) is 2.32. The fourth-order valence-electron chi connectivity index (χ4n) is 2.46. The van der Waals surface area contributed by atoms with Crippen LogP contribution in [-0.2, 0) is 9.47 Å². The van der Waals surface area contributed by atoms with Gasteiger partial charge >= 0.3 is 0 Å². The molecule has 5 heteroatoms. The molecule has 0 bridgehead atoms. The highest BCUT2D eigenvalue weighted by molar-refractivity contribution is 5.26. The van der Waals surface area contributed by atoms with E-state index in [0.29, 0.717) is 12.0 Å². The van der Waals surface area contributed by atoms with E-state index < -0.39 is 0 Å². The fourth-order valence-corrected chi connectivity index (χ4v) is 2.46. The van der Waals surface area contributed by atoms with Crippen LogP contribution in [0.3, 0.4) is 0 Å². The highest BCUT2D eigenvalue weighted by Gasteiger charge is 2.24. The average molecular weight is 267 g/mol. The molecule has 1 aliphatic rings. The zero-order valence-corrected chi connectivity index (χ0v) is 12.0. The van der Waals surface area contributed by atoms with Crippen molar-refractivity contribution in [1.29, 1.82) is 0 Å². The minimum atomic E-state index is 0.430. The maximum absolute atomic E-state index is 5.47. The Bertz CT molecular complexity index is 361. The van der Waals surface area contributed by atoms with Crippen LogP contribution in [0.5, 0.6) is 0 Å². The molecular weight excluding hydrogens is 242 g/mol. The highest BCUT2D eigenvalue weighted by Crippen LogP contribution is 2.28. The van der Waals surface area contributed by atoms with Gasteiger partial charge in [-0.05, 0) is 26.7 Å². The van der Waals surface area contributed by atoms with Crippen molar-refractivity contribution in [2.45, 2.75) is 32.7 Å². The van der Waals surface area contributed by atoms with E-state index in [1.165, 1.54) is 0 Å². The molecule has 1 saturated heterocycles. The monoisotopic (exact) mass is 267 g/mol. The smallest absolute Gasteiger partial charge is 0.203 e. The van der Waals surface area contributed by atoms with Gasteiger partial charge in [0.15, 0.2) is 0 Å². The normalized spacial score (nSPS) is 20.6. The van der Waals surface area contributed by atoms with Gasteiger partial charge in [-0.1, -0.05) is 0 Å². The lowest BCUT2D eigenvalue weighted by atomic mass is 10.0. The van der Waals surface area contributed by atoms with Gasteiger partial charge in [-0.25, -0.2) is 4.98 Å². The highest BCUT2D eigenvalue weighted by atomic mass is 16.5. The zero-order valence-electron chi connectivity index (χ0n) is 12.0. The Morgan fingerprint density at radius 2 is 2.53 bits per heavy atom. The van der Waals surface area contributed by atoms with E-state index in [1.807, 2.05) is 19.3 Å². The molecule has 19 heavy (non-hydrogen) atoms. The summed E-state index contributed by atoms with van der Waals surface area (Å²) in [5.41, 5.74) is 0. The summed E-state index contributed by atoms with van der Waals surface area (Å²) >= 11 is 0. The van der Waals surface area contributed by atoms with E-state index in [4.69, 9.17) is 9.47 Å². The number of hydrogen-bond acceptors (Lipinski definition) is 4. The Labute approximate surface area is 115 Å². The molecule has 1 aliphatic heterocycles. The van der Waals surface area contributed by atoms with Crippen molar-refractivity contribution in [3.63, 3.8) is 0 Å². The maximum atomic E-state index is 5.47.